The van der Waals surface area contributed by atoms with Gasteiger partial charge in [0.05, 0.1) is 0 Å². The minimum atomic E-state index is -0.762. The molecule has 0 spiro atoms. The van der Waals surface area contributed by atoms with Crippen LogP contribution in [-0.2, 0) is 28.5 Å². The van der Waals surface area contributed by atoms with Crippen LogP contribution in [0.5, 0.6) is 0 Å². The van der Waals surface area contributed by atoms with Gasteiger partial charge >= 0.3 is 5.97 Å². The summed E-state index contributed by atoms with van der Waals surface area (Å²) in [5, 5.41) is 0. The van der Waals surface area contributed by atoms with E-state index in [1.807, 2.05) is 0 Å². The summed E-state index contributed by atoms with van der Waals surface area (Å²) < 4.78 is 20.5. The van der Waals surface area contributed by atoms with Crippen LogP contribution in [0.15, 0.2) is 0 Å². The average molecular weight is 232 g/mol. The van der Waals surface area contributed by atoms with Gasteiger partial charge in [0.1, 0.15) is 25.4 Å². The van der Waals surface area contributed by atoms with Gasteiger partial charge in [-0.1, -0.05) is 0 Å². The Bertz CT molecular complexity index is 262. The molecule has 0 amide bonds. The van der Waals surface area contributed by atoms with E-state index in [0.717, 1.165) is 0 Å². The number of esters is 1. The summed E-state index contributed by atoms with van der Waals surface area (Å²) in [7, 11) is 0. The van der Waals surface area contributed by atoms with E-state index in [4.69, 9.17) is 14.2 Å². The van der Waals surface area contributed by atoms with E-state index >= 15 is 0 Å². The summed E-state index contributed by atoms with van der Waals surface area (Å²) in [5.41, 5.74) is 0. The van der Waals surface area contributed by atoms with Crippen molar-refractivity contribution in [1.82, 2.24) is 0 Å². The number of hydrogen-bond acceptors (Lipinski definition) is 6. The molecule has 0 aromatic heterocycles. The molecule has 16 heavy (non-hydrogen) atoms. The molecule has 1 aliphatic rings. The van der Waals surface area contributed by atoms with E-state index in [1.165, 1.54) is 6.92 Å². The molecule has 1 heterocycles. The molecule has 1 aliphatic heterocycles. The fourth-order valence-corrected chi connectivity index (χ4v) is 1.52. The quantitative estimate of drug-likeness (QED) is 0.499. The van der Waals surface area contributed by atoms with Crippen molar-refractivity contribution < 1.29 is 28.5 Å². The molecule has 6 nitrogen and oxygen atoms in total. The molecule has 92 valence electrons. The topological polar surface area (TPSA) is 71.1 Å². The lowest BCUT2D eigenvalue weighted by molar-refractivity contribution is -0.160. The van der Waals surface area contributed by atoms with Gasteiger partial charge in [0.2, 0.25) is 0 Å². The SMILES string of the molecule is CC(=O)OC[C@H]1OC(C)(C)O[C@H]1COC=O. The van der Waals surface area contributed by atoms with Crippen LogP contribution in [0.3, 0.4) is 0 Å². The van der Waals surface area contributed by atoms with Crippen LogP contribution in [0.4, 0.5) is 0 Å². The van der Waals surface area contributed by atoms with Crippen molar-refractivity contribution in [2.75, 3.05) is 13.2 Å². The van der Waals surface area contributed by atoms with E-state index in [9.17, 15) is 9.59 Å². The summed E-state index contributed by atoms with van der Waals surface area (Å²) in [5.74, 6) is -1.15. The Labute approximate surface area is 93.8 Å². The first kappa shape index (κ1) is 12.9. The fraction of sp³-hybridized carbons (Fsp3) is 0.800. The van der Waals surface area contributed by atoms with Crippen molar-refractivity contribution in [1.29, 1.82) is 0 Å². The van der Waals surface area contributed by atoms with E-state index in [0.29, 0.717) is 6.47 Å². The molecule has 0 aromatic rings. The lowest BCUT2D eigenvalue weighted by Crippen LogP contribution is -2.32. The van der Waals surface area contributed by atoms with Gasteiger partial charge in [-0.05, 0) is 13.8 Å². The molecule has 0 saturated carbocycles. The van der Waals surface area contributed by atoms with E-state index < -0.39 is 18.0 Å². The van der Waals surface area contributed by atoms with Gasteiger partial charge < -0.3 is 18.9 Å². The van der Waals surface area contributed by atoms with Crippen molar-refractivity contribution in [3.05, 3.63) is 0 Å². The minimum Gasteiger partial charge on any atom is -0.465 e. The maximum atomic E-state index is 10.7. The lowest BCUT2D eigenvalue weighted by atomic mass is 10.2. The molecule has 0 aliphatic carbocycles. The first-order valence-electron chi connectivity index (χ1n) is 4.99. The minimum absolute atomic E-state index is 0.0822. The summed E-state index contributed by atoms with van der Waals surface area (Å²) >= 11 is 0. The molecule has 0 N–H and O–H groups in total. The maximum absolute atomic E-state index is 10.7. The van der Waals surface area contributed by atoms with Crippen LogP contribution < -0.4 is 0 Å². The molecular weight excluding hydrogens is 216 g/mol. The lowest BCUT2D eigenvalue weighted by Gasteiger charge is -2.16. The molecule has 0 bridgehead atoms. The van der Waals surface area contributed by atoms with Crippen molar-refractivity contribution in [3.8, 4) is 0 Å². The molecule has 0 aromatic carbocycles. The van der Waals surface area contributed by atoms with Crippen molar-refractivity contribution >= 4 is 12.4 Å². The van der Waals surface area contributed by atoms with Crippen LogP contribution in [0.1, 0.15) is 20.8 Å². The third-order valence-corrected chi connectivity index (χ3v) is 2.06. The Hall–Kier alpha value is -1.14. The molecule has 6 heteroatoms. The predicted octanol–water partition coefficient (Wildman–Crippen LogP) is 0.243. The summed E-state index contributed by atoms with van der Waals surface area (Å²) in [6, 6.07) is 0. The number of hydrogen-bond donors (Lipinski definition) is 0. The second-order valence-corrected chi connectivity index (χ2v) is 3.94. The smallest absolute Gasteiger partial charge is 0.302 e. The Balaban J connectivity index is 2.50. The monoisotopic (exact) mass is 232 g/mol. The first-order chi connectivity index (χ1) is 7.44. The zero-order valence-electron chi connectivity index (χ0n) is 9.60. The molecule has 1 saturated heterocycles. The number of carbonyl (C=O) groups excluding carboxylic acids is 2. The first-order valence-corrected chi connectivity index (χ1v) is 4.99. The maximum Gasteiger partial charge on any atom is 0.302 e. The number of rotatable bonds is 5. The summed E-state index contributed by atoms with van der Waals surface area (Å²) in [4.78, 5) is 20.8. The van der Waals surface area contributed by atoms with Crippen LogP contribution in [0.2, 0.25) is 0 Å². The normalized spacial score (nSPS) is 27.4. The van der Waals surface area contributed by atoms with Crippen LogP contribution in [0.25, 0.3) is 0 Å². The van der Waals surface area contributed by atoms with Crippen molar-refractivity contribution in [3.63, 3.8) is 0 Å². The average Bonchev–Trinajstić information content (AvgIpc) is 2.47. The molecular formula is C10H16O6. The largest absolute Gasteiger partial charge is 0.465 e. The highest BCUT2D eigenvalue weighted by molar-refractivity contribution is 5.65. The zero-order chi connectivity index (χ0) is 12.2. The van der Waals surface area contributed by atoms with Gasteiger partial charge in [-0.25, -0.2) is 0 Å². The highest BCUT2D eigenvalue weighted by Gasteiger charge is 2.42. The molecule has 0 radical (unpaired) electrons. The molecule has 1 rings (SSSR count). The van der Waals surface area contributed by atoms with Gasteiger partial charge in [-0.15, -0.1) is 0 Å². The van der Waals surface area contributed by atoms with Crippen LogP contribution in [0, 0.1) is 0 Å². The predicted molar refractivity (Wildman–Crippen MR) is 52.5 cm³/mol. The third kappa shape index (κ3) is 3.79. The van der Waals surface area contributed by atoms with Crippen molar-refractivity contribution in [2.45, 2.75) is 38.8 Å². The van der Waals surface area contributed by atoms with E-state index in [1.54, 1.807) is 13.8 Å². The highest BCUT2D eigenvalue weighted by Crippen LogP contribution is 2.28. The molecule has 1 fully saturated rings. The van der Waals surface area contributed by atoms with Crippen LogP contribution in [-0.4, -0.2) is 43.7 Å². The van der Waals surface area contributed by atoms with Gasteiger partial charge in [-0.2, -0.15) is 0 Å². The Morgan fingerprint density at radius 2 is 1.88 bits per heavy atom. The van der Waals surface area contributed by atoms with Crippen LogP contribution >= 0.6 is 0 Å². The third-order valence-electron chi connectivity index (χ3n) is 2.06. The summed E-state index contributed by atoms with van der Waals surface area (Å²) in [6.07, 6.45) is -0.835. The highest BCUT2D eigenvalue weighted by atomic mass is 16.8. The number of carbonyl (C=O) groups is 2. The number of ether oxygens (including phenoxy) is 4. The van der Waals surface area contributed by atoms with Gasteiger partial charge in [0.25, 0.3) is 6.47 Å². The van der Waals surface area contributed by atoms with Gasteiger partial charge in [0.15, 0.2) is 5.79 Å². The van der Waals surface area contributed by atoms with E-state index in [2.05, 4.69) is 4.74 Å². The second kappa shape index (κ2) is 5.27. The fourth-order valence-electron chi connectivity index (χ4n) is 1.52. The summed E-state index contributed by atoms with van der Waals surface area (Å²) in [6.45, 7) is 5.32. The van der Waals surface area contributed by atoms with Crippen molar-refractivity contribution in [2.24, 2.45) is 0 Å². The standard InChI is InChI=1S/C10H16O6/c1-7(12)14-5-9-8(4-13-6-11)15-10(2,3)16-9/h6,8-9H,4-5H2,1-3H3/t8-,9+/m0/s1. The van der Waals surface area contributed by atoms with Gasteiger partial charge in [0, 0.05) is 6.92 Å². The Kier molecular flexibility index (Phi) is 4.26. The Morgan fingerprint density at radius 1 is 1.31 bits per heavy atom. The zero-order valence-corrected chi connectivity index (χ0v) is 9.60. The Morgan fingerprint density at radius 3 is 2.38 bits per heavy atom. The molecule has 0 unspecified atom stereocenters. The molecule has 2 atom stereocenters. The van der Waals surface area contributed by atoms with Gasteiger partial charge in [-0.3, -0.25) is 9.59 Å². The van der Waals surface area contributed by atoms with E-state index in [-0.39, 0.29) is 19.2 Å². The second-order valence-electron chi connectivity index (χ2n) is 3.94.